The Balaban J connectivity index is 2.14. The van der Waals surface area contributed by atoms with Crippen LogP contribution in [-0.4, -0.2) is 31.6 Å². The van der Waals surface area contributed by atoms with E-state index in [2.05, 4.69) is 43.9 Å². The standard InChI is InChI=1S/C18H28N2O/c1-18(2,3)15-8-10-20(11-9-15)17(13-19)14-6-5-7-16(12-14)21-4/h5-8,12,17H,9-11,13,19H2,1-4H3. The van der Waals surface area contributed by atoms with Crippen LogP contribution in [0.3, 0.4) is 0 Å². The van der Waals surface area contributed by atoms with Gasteiger partial charge in [-0.1, -0.05) is 44.6 Å². The summed E-state index contributed by atoms with van der Waals surface area (Å²) in [6.45, 7) is 9.55. The molecule has 0 bridgehead atoms. The Morgan fingerprint density at radius 3 is 2.62 bits per heavy atom. The highest BCUT2D eigenvalue weighted by atomic mass is 16.5. The summed E-state index contributed by atoms with van der Waals surface area (Å²) < 4.78 is 5.33. The van der Waals surface area contributed by atoms with Crippen LogP contribution in [0, 0.1) is 5.41 Å². The molecule has 21 heavy (non-hydrogen) atoms. The van der Waals surface area contributed by atoms with Gasteiger partial charge in [-0.15, -0.1) is 0 Å². The van der Waals surface area contributed by atoms with E-state index in [1.54, 1.807) is 12.7 Å². The molecule has 3 nitrogen and oxygen atoms in total. The summed E-state index contributed by atoms with van der Waals surface area (Å²) in [7, 11) is 1.70. The van der Waals surface area contributed by atoms with Crippen LogP contribution in [0.1, 0.15) is 38.8 Å². The lowest BCUT2D eigenvalue weighted by molar-refractivity contribution is 0.209. The van der Waals surface area contributed by atoms with E-state index in [4.69, 9.17) is 10.5 Å². The van der Waals surface area contributed by atoms with E-state index in [1.807, 2.05) is 12.1 Å². The van der Waals surface area contributed by atoms with E-state index >= 15 is 0 Å². The summed E-state index contributed by atoms with van der Waals surface area (Å²) in [6.07, 6.45) is 3.51. The van der Waals surface area contributed by atoms with E-state index in [0.29, 0.717) is 6.54 Å². The Labute approximate surface area is 128 Å². The fourth-order valence-electron chi connectivity index (χ4n) is 2.99. The largest absolute Gasteiger partial charge is 0.497 e. The summed E-state index contributed by atoms with van der Waals surface area (Å²) >= 11 is 0. The number of benzene rings is 1. The highest BCUT2D eigenvalue weighted by Gasteiger charge is 2.25. The Morgan fingerprint density at radius 1 is 1.33 bits per heavy atom. The van der Waals surface area contributed by atoms with Crippen LogP contribution < -0.4 is 10.5 Å². The van der Waals surface area contributed by atoms with Gasteiger partial charge in [0.25, 0.3) is 0 Å². The van der Waals surface area contributed by atoms with Crippen LogP contribution in [-0.2, 0) is 0 Å². The summed E-state index contributed by atoms with van der Waals surface area (Å²) in [6, 6.07) is 8.52. The molecule has 1 aliphatic heterocycles. The van der Waals surface area contributed by atoms with Crippen molar-refractivity contribution >= 4 is 0 Å². The van der Waals surface area contributed by atoms with E-state index in [0.717, 1.165) is 25.3 Å². The molecule has 3 heteroatoms. The maximum Gasteiger partial charge on any atom is 0.119 e. The van der Waals surface area contributed by atoms with Crippen molar-refractivity contribution in [3.05, 3.63) is 41.5 Å². The van der Waals surface area contributed by atoms with Crippen LogP contribution in [0.2, 0.25) is 0 Å². The van der Waals surface area contributed by atoms with E-state index < -0.39 is 0 Å². The minimum absolute atomic E-state index is 0.262. The van der Waals surface area contributed by atoms with Crippen LogP contribution in [0.15, 0.2) is 35.9 Å². The van der Waals surface area contributed by atoms with Gasteiger partial charge in [-0.05, 0) is 29.5 Å². The molecule has 1 aliphatic rings. The van der Waals surface area contributed by atoms with Gasteiger partial charge >= 0.3 is 0 Å². The summed E-state index contributed by atoms with van der Waals surface area (Å²) in [5, 5.41) is 0. The maximum absolute atomic E-state index is 6.04. The molecular weight excluding hydrogens is 260 g/mol. The van der Waals surface area contributed by atoms with E-state index in [9.17, 15) is 0 Å². The minimum atomic E-state index is 0.262. The van der Waals surface area contributed by atoms with Gasteiger partial charge in [0.15, 0.2) is 0 Å². The molecule has 1 aromatic carbocycles. The molecule has 0 saturated heterocycles. The number of ether oxygens (including phenoxy) is 1. The first-order valence-electron chi connectivity index (χ1n) is 7.73. The molecule has 0 aromatic heterocycles. The number of nitrogens with zero attached hydrogens (tertiary/aromatic N) is 1. The van der Waals surface area contributed by atoms with Gasteiger partial charge in [-0.25, -0.2) is 0 Å². The third kappa shape index (κ3) is 3.86. The fourth-order valence-corrected chi connectivity index (χ4v) is 2.99. The van der Waals surface area contributed by atoms with E-state index in [1.165, 1.54) is 5.56 Å². The number of hydrogen-bond donors (Lipinski definition) is 1. The van der Waals surface area contributed by atoms with Crippen LogP contribution in [0.5, 0.6) is 5.75 Å². The van der Waals surface area contributed by atoms with Crippen molar-refractivity contribution < 1.29 is 4.74 Å². The molecule has 2 N–H and O–H groups in total. The van der Waals surface area contributed by atoms with Gasteiger partial charge in [0, 0.05) is 25.7 Å². The van der Waals surface area contributed by atoms with Crippen molar-refractivity contribution in [1.82, 2.24) is 4.90 Å². The van der Waals surface area contributed by atoms with Crippen LogP contribution in [0.4, 0.5) is 0 Å². The summed E-state index contributed by atoms with van der Waals surface area (Å²) in [4.78, 5) is 2.46. The van der Waals surface area contributed by atoms with Crippen molar-refractivity contribution in [2.45, 2.75) is 33.2 Å². The summed E-state index contributed by atoms with van der Waals surface area (Å²) in [5.74, 6) is 0.897. The zero-order valence-corrected chi connectivity index (χ0v) is 13.7. The second-order valence-corrected chi connectivity index (χ2v) is 6.75. The molecular formula is C18H28N2O. The predicted molar refractivity (Wildman–Crippen MR) is 88.5 cm³/mol. The minimum Gasteiger partial charge on any atom is -0.497 e. The molecule has 0 saturated carbocycles. The monoisotopic (exact) mass is 288 g/mol. The molecule has 1 unspecified atom stereocenters. The molecule has 0 amide bonds. The quantitative estimate of drug-likeness (QED) is 0.863. The second kappa shape index (κ2) is 6.63. The van der Waals surface area contributed by atoms with Gasteiger partial charge in [0.2, 0.25) is 0 Å². The number of hydrogen-bond acceptors (Lipinski definition) is 3. The van der Waals surface area contributed by atoms with Crippen LogP contribution in [0.25, 0.3) is 0 Å². The number of methoxy groups -OCH3 is 1. The zero-order chi connectivity index (χ0) is 15.5. The lowest BCUT2D eigenvalue weighted by atomic mass is 9.82. The third-order valence-electron chi connectivity index (χ3n) is 4.35. The van der Waals surface area contributed by atoms with Gasteiger partial charge in [-0.3, -0.25) is 4.90 Å². The van der Waals surface area contributed by atoms with Crippen molar-refractivity contribution in [3.8, 4) is 5.75 Å². The number of rotatable bonds is 4. The summed E-state index contributed by atoms with van der Waals surface area (Å²) in [5.41, 5.74) is 9.12. The van der Waals surface area contributed by atoms with E-state index in [-0.39, 0.29) is 11.5 Å². The highest BCUT2D eigenvalue weighted by Crippen LogP contribution is 2.33. The average molecular weight is 288 g/mol. The van der Waals surface area contributed by atoms with Gasteiger partial charge in [0.1, 0.15) is 5.75 Å². The molecule has 116 valence electrons. The Kier molecular flexibility index (Phi) is 5.07. The fraction of sp³-hybridized carbons (Fsp3) is 0.556. The second-order valence-electron chi connectivity index (χ2n) is 6.75. The smallest absolute Gasteiger partial charge is 0.119 e. The van der Waals surface area contributed by atoms with Crippen molar-refractivity contribution in [2.75, 3.05) is 26.7 Å². The normalized spacial score (nSPS) is 18.2. The van der Waals surface area contributed by atoms with Gasteiger partial charge in [0.05, 0.1) is 7.11 Å². The lowest BCUT2D eigenvalue weighted by Gasteiger charge is -2.36. The van der Waals surface area contributed by atoms with Crippen molar-refractivity contribution in [3.63, 3.8) is 0 Å². The Hall–Kier alpha value is -1.32. The topological polar surface area (TPSA) is 38.5 Å². The Morgan fingerprint density at radius 2 is 2.10 bits per heavy atom. The third-order valence-corrected chi connectivity index (χ3v) is 4.35. The molecule has 0 spiro atoms. The van der Waals surface area contributed by atoms with Crippen molar-refractivity contribution in [1.29, 1.82) is 0 Å². The first-order valence-corrected chi connectivity index (χ1v) is 7.73. The SMILES string of the molecule is COc1cccc(C(CN)N2CC=C(C(C)(C)C)CC2)c1. The molecule has 0 aliphatic carbocycles. The molecule has 0 radical (unpaired) electrons. The van der Waals surface area contributed by atoms with Crippen LogP contribution >= 0.6 is 0 Å². The highest BCUT2D eigenvalue weighted by molar-refractivity contribution is 5.31. The maximum atomic E-state index is 6.04. The van der Waals surface area contributed by atoms with Gasteiger partial charge in [-0.2, -0.15) is 0 Å². The lowest BCUT2D eigenvalue weighted by Crippen LogP contribution is -2.38. The molecule has 1 atom stereocenters. The molecule has 2 rings (SSSR count). The number of nitrogens with two attached hydrogens (primary N) is 1. The first kappa shape index (κ1) is 16.1. The average Bonchev–Trinajstić information content (AvgIpc) is 2.48. The zero-order valence-electron chi connectivity index (χ0n) is 13.7. The Bertz CT molecular complexity index is 502. The predicted octanol–water partition coefficient (Wildman–Crippen LogP) is 3.37. The molecule has 1 heterocycles. The van der Waals surface area contributed by atoms with Crippen molar-refractivity contribution in [2.24, 2.45) is 11.1 Å². The molecule has 0 fully saturated rings. The first-order chi connectivity index (χ1) is 9.95. The van der Waals surface area contributed by atoms with Gasteiger partial charge < -0.3 is 10.5 Å². The molecule has 1 aromatic rings.